The van der Waals surface area contributed by atoms with Crippen molar-refractivity contribution >= 4 is 27.8 Å². The number of rotatable bonds is 8. The van der Waals surface area contributed by atoms with Crippen molar-refractivity contribution in [3.63, 3.8) is 0 Å². The maximum atomic E-state index is 11.9. The third-order valence-corrected chi connectivity index (χ3v) is 3.31. The number of amides is 1. The van der Waals surface area contributed by atoms with Crippen LogP contribution >= 0.6 is 15.9 Å². The van der Waals surface area contributed by atoms with Crippen LogP contribution < -0.4 is 5.32 Å². The van der Waals surface area contributed by atoms with Gasteiger partial charge in [-0.25, -0.2) is 0 Å². The van der Waals surface area contributed by atoms with Gasteiger partial charge in [0.15, 0.2) is 0 Å². The lowest BCUT2D eigenvalue weighted by Crippen LogP contribution is -2.25. The second-order valence-electron chi connectivity index (χ2n) is 4.67. The fourth-order valence-electron chi connectivity index (χ4n) is 1.82. The molecular weight excluding hydrogens is 354 g/mol. The molecule has 2 rings (SSSR count). The quantitative estimate of drug-likeness (QED) is 0.679. The molecule has 0 bridgehead atoms. The normalized spacial score (nSPS) is 10.6. The van der Waals surface area contributed by atoms with Gasteiger partial charge in [-0.3, -0.25) is 19.0 Å². The maximum absolute atomic E-state index is 11.9. The Hall–Kier alpha value is -2.16. The van der Waals surface area contributed by atoms with Gasteiger partial charge in [-0.2, -0.15) is 10.2 Å². The number of hydrogen-bond acceptors (Lipinski definition) is 4. The Morgan fingerprint density at radius 1 is 1.18 bits per heavy atom. The molecule has 118 valence electrons. The molecule has 2 N–H and O–H groups in total. The van der Waals surface area contributed by atoms with Gasteiger partial charge in [-0.15, -0.1) is 0 Å². The molecule has 2 aromatic heterocycles. The number of nitrogens with one attached hydrogen (secondary N) is 1. The molecule has 9 heteroatoms. The van der Waals surface area contributed by atoms with Crippen molar-refractivity contribution in [2.75, 3.05) is 6.54 Å². The summed E-state index contributed by atoms with van der Waals surface area (Å²) in [4.78, 5) is 22.4. The zero-order valence-corrected chi connectivity index (χ0v) is 13.4. The summed E-state index contributed by atoms with van der Waals surface area (Å²) in [7, 11) is 0. The van der Waals surface area contributed by atoms with Crippen LogP contribution in [0.2, 0.25) is 0 Å². The van der Waals surface area contributed by atoms with Crippen molar-refractivity contribution in [1.29, 1.82) is 0 Å². The number of nitrogens with zero attached hydrogens (tertiary/aromatic N) is 4. The van der Waals surface area contributed by atoms with Gasteiger partial charge in [0.25, 0.3) is 5.91 Å². The number of carboxylic acids is 1. The summed E-state index contributed by atoms with van der Waals surface area (Å²) in [6.07, 6.45) is 7.29. The van der Waals surface area contributed by atoms with E-state index >= 15 is 0 Å². The highest BCUT2D eigenvalue weighted by molar-refractivity contribution is 9.10. The Morgan fingerprint density at radius 2 is 1.91 bits per heavy atom. The lowest BCUT2D eigenvalue weighted by molar-refractivity contribution is -0.137. The van der Waals surface area contributed by atoms with Gasteiger partial charge < -0.3 is 10.4 Å². The first-order chi connectivity index (χ1) is 10.5. The van der Waals surface area contributed by atoms with Crippen molar-refractivity contribution in [1.82, 2.24) is 24.9 Å². The van der Waals surface area contributed by atoms with Crippen LogP contribution in [0, 0.1) is 0 Å². The fourth-order valence-corrected chi connectivity index (χ4v) is 2.15. The highest BCUT2D eigenvalue weighted by Crippen LogP contribution is 2.06. The molecule has 0 unspecified atom stereocenters. The van der Waals surface area contributed by atoms with Crippen LogP contribution in [0.3, 0.4) is 0 Å². The Bertz CT molecular complexity index is 652. The summed E-state index contributed by atoms with van der Waals surface area (Å²) in [6.45, 7) is 1.48. The lowest BCUT2D eigenvalue weighted by Gasteiger charge is -2.04. The van der Waals surface area contributed by atoms with E-state index in [9.17, 15) is 9.59 Å². The average molecular weight is 370 g/mol. The third-order valence-electron chi connectivity index (χ3n) is 2.90. The number of carbonyl (C=O) groups is 2. The lowest BCUT2D eigenvalue weighted by atomic mass is 10.3. The van der Waals surface area contributed by atoms with Gasteiger partial charge in [-0.1, -0.05) is 0 Å². The monoisotopic (exact) mass is 369 g/mol. The zero-order chi connectivity index (χ0) is 15.9. The number of aryl methyl sites for hydroxylation is 2. The fraction of sp³-hybridized carbons (Fsp3) is 0.385. The highest BCUT2D eigenvalue weighted by atomic mass is 79.9. The van der Waals surface area contributed by atoms with E-state index in [-0.39, 0.29) is 18.9 Å². The molecule has 0 atom stereocenters. The Kier molecular flexibility index (Phi) is 5.70. The van der Waals surface area contributed by atoms with Gasteiger partial charge in [0.1, 0.15) is 0 Å². The van der Waals surface area contributed by atoms with Crippen LogP contribution in [0.5, 0.6) is 0 Å². The summed E-state index contributed by atoms with van der Waals surface area (Å²) in [6, 6.07) is 0. The molecule has 2 heterocycles. The molecule has 0 spiro atoms. The van der Waals surface area contributed by atoms with Crippen LogP contribution in [0.1, 0.15) is 23.2 Å². The molecule has 0 aliphatic heterocycles. The van der Waals surface area contributed by atoms with Gasteiger partial charge in [0.05, 0.1) is 35.4 Å². The standard InChI is InChI=1S/C13H16BrN5O3/c14-11-7-17-18(9-11)4-1-3-15-13(22)10-6-16-19(8-10)5-2-12(20)21/h6-9H,1-5H2,(H,15,22)(H,20,21). The van der Waals surface area contributed by atoms with E-state index in [0.717, 1.165) is 10.9 Å². The number of aromatic nitrogens is 4. The molecule has 0 aromatic carbocycles. The van der Waals surface area contributed by atoms with Crippen LogP contribution in [0.15, 0.2) is 29.3 Å². The summed E-state index contributed by atoms with van der Waals surface area (Å²) in [5.41, 5.74) is 0.423. The first-order valence-corrected chi connectivity index (χ1v) is 7.54. The predicted octanol–water partition coefficient (Wildman–Crippen LogP) is 1.14. The van der Waals surface area contributed by atoms with Gasteiger partial charge in [-0.05, 0) is 22.4 Å². The molecule has 22 heavy (non-hydrogen) atoms. The van der Waals surface area contributed by atoms with Crippen molar-refractivity contribution in [3.05, 3.63) is 34.8 Å². The molecule has 8 nitrogen and oxygen atoms in total. The van der Waals surface area contributed by atoms with E-state index in [1.54, 1.807) is 17.1 Å². The van der Waals surface area contributed by atoms with Crippen LogP contribution in [-0.2, 0) is 17.9 Å². The predicted molar refractivity (Wildman–Crippen MR) is 81.4 cm³/mol. The van der Waals surface area contributed by atoms with Gasteiger partial charge in [0.2, 0.25) is 0 Å². The summed E-state index contributed by atoms with van der Waals surface area (Å²) in [5, 5.41) is 19.5. The average Bonchev–Trinajstić information content (AvgIpc) is 3.10. The second-order valence-corrected chi connectivity index (χ2v) is 5.58. The minimum absolute atomic E-state index is 0.0256. The van der Waals surface area contributed by atoms with E-state index in [2.05, 4.69) is 31.4 Å². The van der Waals surface area contributed by atoms with Gasteiger partial charge in [0, 0.05) is 25.5 Å². The largest absolute Gasteiger partial charge is 0.481 e. The number of carbonyl (C=O) groups excluding carboxylic acids is 1. The van der Waals surface area contributed by atoms with Crippen molar-refractivity contribution in [2.45, 2.75) is 25.9 Å². The molecule has 1 amide bonds. The molecular formula is C13H16BrN5O3. The molecule has 2 aromatic rings. The molecule has 0 saturated carbocycles. The SMILES string of the molecule is O=C(O)CCn1cc(C(=O)NCCCn2cc(Br)cn2)cn1. The maximum Gasteiger partial charge on any atom is 0.305 e. The molecule has 0 saturated heterocycles. The van der Waals surface area contributed by atoms with E-state index in [1.165, 1.54) is 10.9 Å². The first kappa shape index (κ1) is 16.2. The van der Waals surface area contributed by atoms with Crippen molar-refractivity contribution in [3.8, 4) is 0 Å². The first-order valence-electron chi connectivity index (χ1n) is 6.75. The molecule has 0 aliphatic carbocycles. The molecule has 0 fully saturated rings. The Labute approximate surface area is 135 Å². The summed E-state index contributed by atoms with van der Waals surface area (Å²) >= 11 is 3.32. The van der Waals surface area contributed by atoms with Crippen LogP contribution in [-0.4, -0.2) is 43.1 Å². The molecule has 0 radical (unpaired) electrons. The smallest absolute Gasteiger partial charge is 0.305 e. The topological polar surface area (TPSA) is 102 Å². The number of aliphatic carboxylic acids is 1. The zero-order valence-electron chi connectivity index (χ0n) is 11.8. The molecule has 0 aliphatic rings. The number of halogens is 1. The van der Waals surface area contributed by atoms with Crippen LogP contribution in [0.25, 0.3) is 0 Å². The minimum atomic E-state index is -0.897. The van der Waals surface area contributed by atoms with Crippen molar-refractivity contribution in [2.24, 2.45) is 0 Å². The van der Waals surface area contributed by atoms with Crippen LogP contribution in [0.4, 0.5) is 0 Å². The van der Waals surface area contributed by atoms with E-state index in [4.69, 9.17) is 5.11 Å². The van der Waals surface area contributed by atoms with E-state index in [0.29, 0.717) is 18.7 Å². The summed E-state index contributed by atoms with van der Waals surface area (Å²) < 4.78 is 4.16. The highest BCUT2D eigenvalue weighted by Gasteiger charge is 2.08. The Balaban J connectivity index is 1.71. The minimum Gasteiger partial charge on any atom is -0.481 e. The van der Waals surface area contributed by atoms with Crippen molar-refractivity contribution < 1.29 is 14.7 Å². The Morgan fingerprint density at radius 3 is 2.59 bits per heavy atom. The second kappa shape index (κ2) is 7.74. The van der Waals surface area contributed by atoms with Gasteiger partial charge >= 0.3 is 5.97 Å². The van der Waals surface area contributed by atoms with E-state index in [1.807, 2.05) is 6.20 Å². The third kappa shape index (κ3) is 4.99. The van der Waals surface area contributed by atoms with E-state index < -0.39 is 5.97 Å². The summed E-state index contributed by atoms with van der Waals surface area (Å²) in [5.74, 6) is -1.12. The number of hydrogen-bond donors (Lipinski definition) is 2. The number of carboxylic acid groups (broad SMARTS) is 1.